The molecule has 5 heteroatoms. The summed E-state index contributed by atoms with van der Waals surface area (Å²) in [6, 6.07) is 9.39. The van der Waals surface area contributed by atoms with E-state index in [1.807, 2.05) is 32.9 Å². The molecule has 0 heterocycles. The minimum atomic E-state index is -0.591. The van der Waals surface area contributed by atoms with Crippen LogP contribution in [0, 0.1) is 27.7 Å². The third-order valence-electron chi connectivity index (χ3n) is 3.94. The number of amides is 1. The van der Waals surface area contributed by atoms with Crippen LogP contribution in [0.25, 0.3) is 10.4 Å². The van der Waals surface area contributed by atoms with Crippen molar-refractivity contribution in [3.63, 3.8) is 0 Å². The maximum atomic E-state index is 11.9. The number of carbonyl (C=O) groups is 1. The van der Waals surface area contributed by atoms with Crippen molar-refractivity contribution in [3.05, 3.63) is 74.2 Å². The number of rotatable bonds is 4. The van der Waals surface area contributed by atoms with Crippen LogP contribution in [0.2, 0.25) is 0 Å². The standard InChI is InChI=1S/C18H19N3O2/c1-11-6-5-7-15(18(22)20-21-19)16(11)10-23-17-9-13(3)12(2)8-14(17)4/h5-9H,10H2,1-4H3. The van der Waals surface area contributed by atoms with Gasteiger partial charge in [-0.3, -0.25) is 4.79 Å². The van der Waals surface area contributed by atoms with Crippen molar-refractivity contribution in [1.82, 2.24) is 0 Å². The van der Waals surface area contributed by atoms with Gasteiger partial charge in [-0.1, -0.05) is 24.3 Å². The van der Waals surface area contributed by atoms with Crippen LogP contribution < -0.4 is 4.74 Å². The van der Waals surface area contributed by atoms with Gasteiger partial charge in [0, 0.05) is 16.0 Å². The third kappa shape index (κ3) is 3.71. The molecule has 0 N–H and O–H groups in total. The van der Waals surface area contributed by atoms with Crippen LogP contribution in [0.4, 0.5) is 0 Å². The molecule has 2 aromatic carbocycles. The molecule has 118 valence electrons. The van der Waals surface area contributed by atoms with Crippen molar-refractivity contribution in [2.45, 2.75) is 34.3 Å². The smallest absolute Gasteiger partial charge is 0.249 e. The normalized spacial score (nSPS) is 10.1. The number of ether oxygens (including phenoxy) is 1. The Hall–Kier alpha value is -2.78. The van der Waals surface area contributed by atoms with E-state index in [9.17, 15) is 4.79 Å². The molecule has 2 rings (SSSR count). The molecule has 0 radical (unpaired) electrons. The number of azide groups is 1. The summed E-state index contributed by atoms with van der Waals surface area (Å²) in [6.45, 7) is 8.23. The Kier molecular flexibility index (Phi) is 5.04. The Morgan fingerprint density at radius 3 is 2.48 bits per heavy atom. The number of nitrogens with zero attached hydrogens (tertiary/aromatic N) is 3. The van der Waals surface area contributed by atoms with E-state index < -0.39 is 5.91 Å². The Morgan fingerprint density at radius 1 is 1.09 bits per heavy atom. The number of aryl methyl sites for hydroxylation is 4. The average Bonchev–Trinajstić information content (AvgIpc) is 2.50. The summed E-state index contributed by atoms with van der Waals surface area (Å²) in [5, 5.41) is 3.18. The first kappa shape index (κ1) is 16.6. The topological polar surface area (TPSA) is 75.1 Å². The zero-order valence-electron chi connectivity index (χ0n) is 13.8. The van der Waals surface area contributed by atoms with E-state index in [1.54, 1.807) is 12.1 Å². The number of hydrogen-bond donors (Lipinski definition) is 0. The Balaban J connectivity index is 2.32. The zero-order chi connectivity index (χ0) is 17.0. The molecule has 0 saturated heterocycles. The molecule has 0 aliphatic rings. The monoisotopic (exact) mass is 309 g/mol. The van der Waals surface area contributed by atoms with Crippen LogP contribution in [0.3, 0.4) is 0 Å². The van der Waals surface area contributed by atoms with Gasteiger partial charge in [0.05, 0.1) is 0 Å². The molecule has 5 nitrogen and oxygen atoms in total. The van der Waals surface area contributed by atoms with Gasteiger partial charge in [0.15, 0.2) is 0 Å². The second-order valence-electron chi connectivity index (χ2n) is 5.59. The lowest BCUT2D eigenvalue weighted by Crippen LogP contribution is -2.07. The minimum absolute atomic E-state index is 0.248. The van der Waals surface area contributed by atoms with Gasteiger partial charge < -0.3 is 4.74 Å². The highest BCUT2D eigenvalue weighted by molar-refractivity contribution is 5.96. The van der Waals surface area contributed by atoms with Gasteiger partial charge in [-0.2, -0.15) is 0 Å². The third-order valence-corrected chi connectivity index (χ3v) is 3.94. The van der Waals surface area contributed by atoms with E-state index in [0.717, 1.165) is 28.0 Å². The maximum absolute atomic E-state index is 11.9. The SMILES string of the molecule is Cc1cc(C)c(OCc2c(C)cccc2C(=O)N=[N+]=[N-])cc1C. The van der Waals surface area contributed by atoms with Crippen molar-refractivity contribution in [2.75, 3.05) is 0 Å². The van der Waals surface area contributed by atoms with Gasteiger partial charge in [-0.05, 0) is 66.7 Å². The lowest BCUT2D eigenvalue weighted by molar-refractivity contribution is 0.0998. The van der Waals surface area contributed by atoms with Crippen molar-refractivity contribution < 1.29 is 9.53 Å². The number of hydrogen-bond acceptors (Lipinski definition) is 2. The summed E-state index contributed by atoms with van der Waals surface area (Å²) in [6.07, 6.45) is 0. The van der Waals surface area contributed by atoms with E-state index >= 15 is 0 Å². The quantitative estimate of drug-likeness (QED) is 0.455. The fourth-order valence-corrected chi connectivity index (χ4v) is 2.43. The van der Waals surface area contributed by atoms with Crippen LogP contribution in [0.15, 0.2) is 35.4 Å². The molecule has 1 amide bonds. The summed E-state index contributed by atoms with van der Waals surface area (Å²) < 4.78 is 5.92. The summed E-state index contributed by atoms with van der Waals surface area (Å²) in [5.74, 6) is 0.199. The highest BCUT2D eigenvalue weighted by Crippen LogP contribution is 2.25. The molecule has 0 spiro atoms. The summed E-state index contributed by atoms with van der Waals surface area (Å²) in [7, 11) is 0. The molecule has 0 aromatic heterocycles. The molecule has 0 saturated carbocycles. The lowest BCUT2D eigenvalue weighted by atomic mass is 10.0. The fraction of sp³-hybridized carbons (Fsp3) is 0.278. The molecule has 0 aliphatic heterocycles. The predicted octanol–water partition coefficient (Wildman–Crippen LogP) is 4.95. The van der Waals surface area contributed by atoms with Crippen LogP contribution in [-0.2, 0) is 6.61 Å². The van der Waals surface area contributed by atoms with E-state index in [4.69, 9.17) is 10.3 Å². The molecule has 2 aromatic rings. The summed E-state index contributed by atoms with van der Waals surface area (Å²) in [5.41, 5.74) is 13.9. The second-order valence-corrected chi connectivity index (χ2v) is 5.59. The Morgan fingerprint density at radius 2 is 1.78 bits per heavy atom. The van der Waals surface area contributed by atoms with Crippen LogP contribution in [0.5, 0.6) is 5.75 Å². The van der Waals surface area contributed by atoms with Crippen molar-refractivity contribution in [1.29, 1.82) is 0 Å². The first-order valence-corrected chi connectivity index (χ1v) is 7.32. The maximum Gasteiger partial charge on any atom is 0.249 e. The molecule has 0 atom stereocenters. The molecule has 0 aliphatic carbocycles. The van der Waals surface area contributed by atoms with Crippen molar-refractivity contribution in [3.8, 4) is 5.75 Å². The van der Waals surface area contributed by atoms with E-state index in [0.29, 0.717) is 5.56 Å². The van der Waals surface area contributed by atoms with Crippen molar-refractivity contribution >= 4 is 5.91 Å². The minimum Gasteiger partial charge on any atom is -0.489 e. The lowest BCUT2D eigenvalue weighted by Gasteiger charge is -2.15. The van der Waals surface area contributed by atoms with E-state index in [1.165, 1.54) is 5.56 Å². The van der Waals surface area contributed by atoms with Crippen LogP contribution in [-0.4, -0.2) is 5.91 Å². The molecule has 0 unspecified atom stereocenters. The molecular formula is C18H19N3O2. The zero-order valence-corrected chi connectivity index (χ0v) is 13.8. The summed E-state index contributed by atoms with van der Waals surface area (Å²) in [4.78, 5) is 14.5. The average molecular weight is 309 g/mol. The van der Waals surface area contributed by atoms with Gasteiger partial charge in [-0.25, -0.2) is 0 Å². The van der Waals surface area contributed by atoms with Crippen LogP contribution in [0.1, 0.15) is 38.2 Å². The van der Waals surface area contributed by atoms with Gasteiger partial charge in [0.2, 0.25) is 5.91 Å². The second kappa shape index (κ2) is 6.99. The molecule has 0 fully saturated rings. The van der Waals surface area contributed by atoms with E-state index in [2.05, 4.69) is 23.0 Å². The largest absolute Gasteiger partial charge is 0.489 e. The van der Waals surface area contributed by atoms with Crippen molar-refractivity contribution in [2.24, 2.45) is 5.11 Å². The molecule has 0 bridgehead atoms. The van der Waals surface area contributed by atoms with Gasteiger partial charge in [0.1, 0.15) is 12.4 Å². The van der Waals surface area contributed by atoms with E-state index in [-0.39, 0.29) is 6.61 Å². The Labute approximate surface area is 135 Å². The fourth-order valence-electron chi connectivity index (χ4n) is 2.43. The molecule has 23 heavy (non-hydrogen) atoms. The van der Waals surface area contributed by atoms with Gasteiger partial charge in [0.25, 0.3) is 0 Å². The van der Waals surface area contributed by atoms with Gasteiger partial charge >= 0.3 is 0 Å². The highest BCUT2D eigenvalue weighted by Gasteiger charge is 2.13. The predicted molar refractivity (Wildman–Crippen MR) is 89.6 cm³/mol. The first-order chi connectivity index (χ1) is 10.9. The number of benzene rings is 2. The van der Waals surface area contributed by atoms with Crippen LogP contribution >= 0.6 is 0 Å². The Bertz CT molecular complexity index is 806. The number of carbonyl (C=O) groups excluding carboxylic acids is 1. The first-order valence-electron chi connectivity index (χ1n) is 7.32. The summed E-state index contributed by atoms with van der Waals surface area (Å²) >= 11 is 0. The molecular weight excluding hydrogens is 290 g/mol. The van der Waals surface area contributed by atoms with Gasteiger partial charge in [-0.15, -0.1) is 0 Å². The highest BCUT2D eigenvalue weighted by atomic mass is 16.5.